The molecule has 218 valence electrons. The van der Waals surface area contributed by atoms with Gasteiger partial charge in [0.15, 0.2) is 11.2 Å². The molecule has 0 radical (unpaired) electrons. The number of ether oxygens (including phenoxy) is 3. The van der Waals surface area contributed by atoms with Gasteiger partial charge in [0.1, 0.15) is 23.1 Å². The predicted octanol–water partition coefficient (Wildman–Crippen LogP) is 5.26. The first-order valence-corrected chi connectivity index (χ1v) is 14.2. The van der Waals surface area contributed by atoms with Crippen LogP contribution in [-0.2, 0) is 16.0 Å². The van der Waals surface area contributed by atoms with E-state index < -0.39 is 23.1 Å². The number of rotatable bonds is 8. The van der Waals surface area contributed by atoms with Crippen LogP contribution in [0.25, 0.3) is 0 Å². The quantitative estimate of drug-likeness (QED) is 0.377. The molecule has 7 nitrogen and oxygen atoms in total. The number of benzene rings is 3. The Morgan fingerprint density at radius 1 is 1.12 bits per heavy atom. The third-order valence-corrected chi connectivity index (χ3v) is 8.73. The van der Waals surface area contributed by atoms with E-state index in [0.717, 1.165) is 25.9 Å². The summed E-state index contributed by atoms with van der Waals surface area (Å²) in [5.41, 5.74) is -2.40. The van der Waals surface area contributed by atoms with Crippen LogP contribution in [0.2, 0.25) is 5.02 Å². The molecule has 0 aliphatic carbocycles. The normalized spacial score (nSPS) is 23.4. The number of halogens is 2. The van der Waals surface area contributed by atoms with Gasteiger partial charge in [0, 0.05) is 34.2 Å². The number of aliphatic hydroxyl groups is 1. The molecule has 9 heteroatoms. The van der Waals surface area contributed by atoms with E-state index in [-0.39, 0.29) is 11.8 Å². The smallest absolute Gasteiger partial charge is 0.223 e. The van der Waals surface area contributed by atoms with E-state index in [1.165, 1.54) is 26.4 Å². The second-order valence-corrected chi connectivity index (χ2v) is 11.3. The minimum atomic E-state index is -1.95. The third kappa shape index (κ3) is 4.92. The van der Waals surface area contributed by atoms with Gasteiger partial charge in [-0.1, -0.05) is 42.8 Å². The summed E-state index contributed by atoms with van der Waals surface area (Å²) >= 11 is 6.28. The molecular formula is C32H36ClFN2O5. The number of methoxy groups -OCH3 is 2. The first-order chi connectivity index (χ1) is 19.7. The summed E-state index contributed by atoms with van der Waals surface area (Å²) in [6.07, 6.45) is 1.78. The zero-order valence-corrected chi connectivity index (χ0v) is 24.5. The second kappa shape index (κ2) is 11.5. The average molecular weight is 583 g/mol. The SMILES string of the molecule is CC[C@H](NC(=O)C1CCN(C)CC1)[C@@]1(O)c2c(OC)cc(OC)cc2O[C@@]1(c1ccc(Cl)cc1)c1cccc(F)c1. The number of hydrogen-bond acceptors (Lipinski definition) is 6. The molecule has 3 atom stereocenters. The summed E-state index contributed by atoms with van der Waals surface area (Å²) in [6, 6.07) is 15.4. The number of fused-ring (bicyclic) bond motifs is 1. The number of likely N-dealkylation sites (tertiary alicyclic amines) is 1. The van der Waals surface area contributed by atoms with Crippen LogP contribution in [0.5, 0.6) is 17.2 Å². The number of nitrogens with one attached hydrogen (secondary N) is 1. The van der Waals surface area contributed by atoms with Crippen LogP contribution in [0.15, 0.2) is 60.7 Å². The lowest BCUT2D eigenvalue weighted by Crippen LogP contribution is -2.62. The predicted molar refractivity (Wildman–Crippen MR) is 155 cm³/mol. The van der Waals surface area contributed by atoms with Crippen LogP contribution in [0.3, 0.4) is 0 Å². The molecule has 1 amide bonds. The molecule has 3 aromatic carbocycles. The third-order valence-electron chi connectivity index (χ3n) is 8.48. The van der Waals surface area contributed by atoms with Gasteiger partial charge in [0.2, 0.25) is 5.91 Å². The van der Waals surface area contributed by atoms with Crippen molar-refractivity contribution in [3.05, 3.63) is 88.2 Å². The zero-order chi connectivity index (χ0) is 29.4. The van der Waals surface area contributed by atoms with E-state index >= 15 is 0 Å². The lowest BCUT2D eigenvalue weighted by molar-refractivity contribution is -0.141. The van der Waals surface area contributed by atoms with Crippen LogP contribution in [0.4, 0.5) is 4.39 Å². The van der Waals surface area contributed by atoms with Crippen LogP contribution in [0, 0.1) is 11.7 Å². The Hall–Kier alpha value is -3.33. The standard InChI is InChI=1S/C32H36ClFN2O5/c1-5-28(35-30(37)20-13-15-36(2)16-14-20)31(38)29-26(40-4)18-25(39-3)19-27(29)41-32(31,21-9-11-23(33)12-10-21)22-7-6-8-24(34)17-22/h6-12,17-20,28,38H,5,13-16H2,1-4H3,(H,35,37)/t28-,31+,32-/m0/s1. The van der Waals surface area contributed by atoms with Crippen molar-refractivity contribution >= 4 is 17.5 Å². The number of hydrogen-bond donors (Lipinski definition) is 2. The first-order valence-electron chi connectivity index (χ1n) is 13.9. The minimum absolute atomic E-state index is 0.136. The molecule has 3 aromatic rings. The fourth-order valence-electron chi connectivity index (χ4n) is 6.32. The number of carbonyl (C=O) groups is 1. The van der Waals surface area contributed by atoms with Gasteiger partial charge in [-0.3, -0.25) is 4.79 Å². The van der Waals surface area contributed by atoms with Gasteiger partial charge in [-0.15, -0.1) is 0 Å². The Labute approximate surface area is 245 Å². The molecule has 41 heavy (non-hydrogen) atoms. The molecule has 0 spiro atoms. The van der Waals surface area contributed by atoms with E-state index in [0.29, 0.717) is 45.4 Å². The maximum atomic E-state index is 14.9. The molecule has 0 unspecified atom stereocenters. The van der Waals surface area contributed by atoms with Gasteiger partial charge in [-0.05, 0) is 63.7 Å². The summed E-state index contributed by atoms with van der Waals surface area (Å²) in [5.74, 6) is 0.255. The Morgan fingerprint density at radius 3 is 2.44 bits per heavy atom. The number of carbonyl (C=O) groups excluding carboxylic acids is 1. The van der Waals surface area contributed by atoms with Crippen LogP contribution >= 0.6 is 11.6 Å². The van der Waals surface area contributed by atoms with Crippen molar-refractivity contribution in [1.82, 2.24) is 10.2 Å². The van der Waals surface area contributed by atoms with Crippen molar-refractivity contribution in [2.24, 2.45) is 5.92 Å². The molecule has 1 fully saturated rings. The molecule has 1 saturated heterocycles. The van der Waals surface area contributed by atoms with Crippen LogP contribution in [-0.4, -0.2) is 56.3 Å². The Bertz CT molecular complexity index is 1410. The van der Waals surface area contributed by atoms with Crippen molar-refractivity contribution in [2.75, 3.05) is 34.4 Å². The fourth-order valence-corrected chi connectivity index (χ4v) is 6.44. The van der Waals surface area contributed by atoms with E-state index in [9.17, 15) is 14.3 Å². The fraction of sp³-hybridized carbons (Fsp3) is 0.406. The number of nitrogens with zero attached hydrogens (tertiary/aromatic N) is 1. The molecule has 2 N–H and O–H groups in total. The zero-order valence-electron chi connectivity index (χ0n) is 23.7. The highest BCUT2D eigenvalue weighted by molar-refractivity contribution is 6.30. The average Bonchev–Trinajstić information content (AvgIpc) is 3.25. The Kier molecular flexibility index (Phi) is 8.19. The highest BCUT2D eigenvalue weighted by Crippen LogP contribution is 2.61. The summed E-state index contributed by atoms with van der Waals surface area (Å²) in [6.45, 7) is 3.52. The van der Waals surface area contributed by atoms with Crippen LogP contribution in [0.1, 0.15) is 42.9 Å². The van der Waals surface area contributed by atoms with Crippen molar-refractivity contribution in [3.8, 4) is 17.2 Å². The molecule has 0 saturated carbocycles. The van der Waals surface area contributed by atoms with Gasteiger partial charge in [0.25, 0.3) is 0 Å². The monoisotopic (exact) mass is 582 g/mol. The van der Waals surface area contributed by atoms with Gasteiger partial charge >= 0.3 is 0 Å². The lowest BCUT2D eigenvalue weighted by Gasteiger charge is -2.46. The minimum Gasteiger partial charge on any atom is -0.496 e. The maximum absolute atomic E-state index is 14.9. The Morgan fingerprint density at radius 2 is 1.83 bits per heavy atom. The van der Waals surface area contributed by atoms with Gasteiger partial charge in [0.05, 0.1) is 25.8 Å². The van der Waals surface area contributed by atoms with Crippen molar-refractivity contribution in [2.45, 2.75) is 43.4 Å². The topological polar surface area (TPSA) is 80.3 Å². The maximum Gasteiger partial charge on any atom is 0.223 e. The van der Waals surface area contributed by atoms with Gasteiger partial charge in [-0.2, -0.15) is 0 Å². The molecule has 0 aromatic heterocycles. The summed E-state index contributed by atoms with van der Waals surface area (Å²) in [4.78, 5) is 15.9. The largest absolute Gasteiger partial charge is 0.496 e. The van der Waals surface area contributed by atoms with Crippen molar-refractivity contribution in [1.29, 1.82) is 0 Å². The molecule has 5 rings (SSSR count). The molecule has 2 heterocycles. The molecular weight excluding hydrogens is 547 g/mol. The highest BCUT2D eigenvalue weighted by Gasteiger charge is 2.66. The van der Waals surface area contributed by atoms with E-state index in [1.54, 1.807) is 48.5 Å². The summed E-state index contributed by atoms with van der Waals surface area (Å²) < 4.78 is 33.0. The second-order valence-electron chi connectivity index (χ2n) is 10.8. The molecule has 2 aliphatic heterocycles. The van der Waals surface area contributed by atoms with Crippen LogP contribution < -0.4 is 19.5 Å². The Balaban J connectivity index is 1.76. The first kappa shape index (κ1) is 29.2. The summed E-state index contributed by atoms with van der Waals surface area (Å²) in [5, 5.41) is 17.0. The van der Waals surface area contributed by atoms with Crippen molar-refractivity contribution in [3.63, 3.8) is 0 Å². The van der Waals surface area contributed by atoms with Crippen molar-refractivity contribution < 1.29 is 28.5 Å². The lowest BCUT2D eigenvalue weighted by atomic mass is 9.66. The van der Waals surface area contributed by atoms with E-state index in [4.69, 9.17) is 25.8 Å². The summed E-state index contributed by atoms with van der Waals surface area (Å²) in [7, 11) is 5.06. The van der Waals surface area contributed by atoms with E-state index in [2.05, 4.69) is 10.2 Å². The molecule has 2 aliphatic rings. The highest BCUT2D eigenvalue weighted by atomic mass is 35.5. The van der Waals surface area contributed by atoms with Gasteiger partial charge in [-0.25, -0.2) is 4.39 Å². The molecule has 0 bridgehead atoms. The number of piperidine rings is 1. The van der Waals surface area contributed by atoms with E-state index in [1.807, 2.05) is 14.0 Å². The van der Waals surface area contributed by atoms with Gasteiger partial charge < -0.3 is 29.5 Å². The number of amides is 1.